The Hall–Kier alpha value is -2.20. The van der Waals surface area contributed by atoms with Crippen LogP contribution in [0.25, 0.3) is 0 Å². The molecule has 2 aliphatic rings. The zero-order chi connectivity index (χ0) is 18.9. The van der Waals surface area contributed by atoms with Gasteiger partial charge in [-0.25, -0.2) is 4.99 Å². The van der Waals surface area contributed by atoms with Crippen molar-refractivity contribution >= 4 is 34.5 Å². The van der Waals surface area contributed by atoms with E-state index in [2.05, 4.69) is 53.9 Å². The molecule has 2 aromatic carbocycles. The van der Waals surface area contributed by atoms with Crippen molar-refractivity contribution in [1.29, 1.82) is 0 Å². The van der Waals surface area contributed by atoms with Gasteiger partial charge in [0.15, 0.2) is 0 Å². The first-order valence-electron chi connectivity index (χ1n) is 9.73. The second-order valence-corrected chi connectivity index (χ2v) is 8.22. The standard InChI is InChI=1S/C22H27ClN4/c1-27(2)19-11-7-10-18-20(19)25-21(22(26-18)12-4-3-5-13-22)24-15-16-8-6-9-17(23)14-16/h6-11,14,26H,3-5,12-13,15H2,1-2H3,(H,24,25). The number of rotatable bonds is 3. The number of anilines is 2. The van der Waals surface area contributed by atoms with Crippen LogP contribution >= 0.6 is 11.6 Å². The van der Waals surface area contributed by atoms with E-state index in [1.165, 1.54) is 24.8 Å². The Morgan fingerprint density at radius 3 is 2.63 bits per heavy atom. The SMILES string of the molecule is CN(C)c1cccc2c1N=C(NCc1cccc(Cl)c1)C1(CCCCC1)N2. The number of nitrogens with one attached hydrogen (secondary N) is 2. The maximum Gasteiger partial charge on any atom is 0.128 e. The molecular weight excluding hydrogens is 356 g/mol. The fourth-order valence-electron chi connectivity index (χ4n) is 4.20. The first-order valence-corrected chi connectivity index (χ1v) is 10.1. The molecule has 142 valence electrons. The van der Waals surface area contributed by atoms with Crippen LogP contribution in [0.15, 0.2) is 47.5 Å². The Labute approximate surface area is 166 Å². The third-order valence-electron chi connectivity index (χ3n) is 5.60. The van der Waals surface area contributed by atoms with Crippen LogP contribution in [0.3, 0.4) is 0 Å². The molecule has 1 fully saturated rings. The second-order valence-electron chi connectivity index (χ2n) is 7.78. The number of benzene rings is 2. The van der Waals surface area contributed by atoms with E-state index in [4.69, 9.17) is 16.6 Å². The topological polar surface area (TPSA) is 39.7 Å². The van der Waals surface area contributed by atoms with Crippen LogP contribution in [0.5, 0.6) is 0 Å². The average molecular weight is 383 g/mol. The van der Waals surface area contributed by atoms with Gasteiger partial charge in [0.05, 0.1) is 16.9 Å². The highest BCUT2D eigenvalue weighted by molar-refractivity contribution is 6.30. The number of fused-ring (bicyclic) bond motifs is 1. The summed E-state index contributed by atoms with van der Waals surface area (Å²) in [6, 6.07) is 14.4. The second kappa shape index (κ2) is 7.43. The molecule has 5 heteroatoms. The van der Waals surface area contributed by atoms with Crippen molar-refractivity contribution in [1.82, 2.24) is 5.32 Å². The van der Waals surface area contributed by atoms with Crippen molar-refractivity contribution in [2.45, 2.75) is 44.2 Å². The Morgan fingerprint density at radius 1 is 1.11 bits per heavy atom. The number of hydrogen-bond acceptors (Lipinski definition) is 4. The van der Waals surface area contributed by atoms with E-state index in [0.29, 0.717) is 0 Å². The molecule has 2 aromatic rings. The maximum absolute atomic E-state index is 6.16. The summed E-state index contributed by atoms with van der Waals surface area (Å²) >= 11 is 6.16. The summed E-state index contributed by atoms with van der Waals surface area (Å²) in [5.41, 5.74) is 4.37. The zero-order valence-corrected chi connectivity index (χ0v) is 16.8. The van der Waals surface area contributed by atoms with Gasteiger partial charge in [0.25, 0.3) is 0 Å². The quantitative estimate of drug-likeness (QED) is 0.751. The van der Waals surface area contributed by atoms with Gasteiger partial charge in [-0.05, 0) is 42.7 Å². The highest BCUT2D eigenvalue weighted by Gasteiger charge is 2.40. The number of para-hydroxylation sites is 1. The molecule has 4 rings (SSSR count). The van der Waals surface area contributed by atoms with Gasteiger partial charge in [-0.1, -0.05) is 49.1 Å². The minimum absolute atomic E-state index is 0.0885. The summed E-state index contributed by atoms with van der Waals surface area (Å²) in [5, 5.41) is 8.27. The van der Waals surface area contributed by atoms with Crippen molar-refractivity contribution in [3.63, 3.8) is 0 Å². The largest absolute Gasteiger partial charge is 0.376 e. The molecule has 1 heterocycles. The van der Waals surface area contributed by atoms with Gasteiger partial charge < -0.3 is 15.5 Å². The van der Waals surface area contributed by atoms with E-state index in [1.807, 2.05) is 18.2 Å². The molecule has 0 saturated heterocycles. The summed E-state index contributed by atoms with van der Waals surface area (Å²) in [4.78, 5) is 7.27. The Kier molecular flexibility index (Phi) is 5.00. The number of amidine groups is 1. The molecule has 0 unspecified atom stereocenters. The van der Waals surface area contributed by atoms with Crippen molar-refractivity contribution in [3.05, 3.63) is 53.1 Å². The third-order valence-corrected chi connectivity index (χ3v) is 5.84. The van der Waals surface area contributed by atoms with Crippen LogP contribution in [-0.4, -0.2) is 25.5 Å². The minimum atomic E-state index is -0.0885. The molecular formula is C22H27ClN4. The zero-order valence-electron chi connectivity index (χ0n) is 16.1. The summed E-state index contributed by atoms with van der Waals surface area (Å²) < 4.78 is 0. The molecule has 1 saturated carbocycles. The molecule has 4 nitrogen and oxygen atoms in total. The lowest BCUT2D eigenvalue weighted by molar-refractivity contribution is 0.396. The minimum Gasteiger partial charge on any atom is -0.376 e. The summed E-state index contributed by atoms with van der Waals surface area (Å²) in [6.07, 6.45) is 5.98. The molecule has 1 aliphatic carbocycles. The maximum atomic E-state index is 6.16. The lowest BCUT2D eigenvalue weighted by Gasteiger charge is -2.43. The number of halogens is 1. The lowest BCUT2D eigenvalue weighted by atomic mass is 9.79. The number of nitrogens with zero attached hydrogens (tertiary/aromatic N) is 2. The van der Waals surface area contributed by atoms with Crippen LogP contribution in [-0.2, 0) is 6.54 Å². The highest BCUT2D eigenvalue weighted by Crippen LogP contribution is 2.44. The Bertz CT molecular complexity index is 853. The normalized spacial score (nSPS) is 17.7. The molecule has 0 amide bonds. The first kappa shape index (κ1) is 18.2. The Balaban J connectivity index is 1.70. The van der Waals surface area contributed by atoms with E-state index >= 15 is 0 Å². The first-order chi connectivity index (χ1) is 13.1. The van der Waals surface area contributed by atoms with E-state index < -0.39 is 0 Å². The van der Waals surface area contributed by atoms with Crippen LogP contribution in [0.4, 0.5) is 17.1 Å². The molecule has 1 spiro atoms. The predicted octanol–water partition coefficient (Wildman–Crippen LogP) is 5.35. The van der Waals surface area contributed by atoms with Gasteiger partial charge in [-0.3, -0.25) is 0 Å². The highest BCUT2D eigenvalue weighted by atomic mass is 35.5. The van der Waals surface area contributed by atoms with Gasteiger partial charge >= 0.3 is 0 Å². The van der Waals surface area contributed by atoms with Crippen molar-refractivity contribution in [3.8, 4) is 0 Å². The number of aliphatic imine (C=N–C) groups is 1. The molecule has 0 radical (unpaired) electrons. The van der Waals surface area contributed by atoms with Gasteiger partial charge in [0.1, 0.15) is 11.5 Å². The molecule has 0 aromatic heterocycles. The predicted molar refractivity (Wildman–Crippen MR) is 116 cm³/mol. The van der Waals surface area contributed by atoms with E-state index in [9.17, 15) is 0 Å². The van der Waals surface area contributed by atoms with Crippen molar-refractivity contribution in [2.75, 3.05) is 24.3 Å². The van der Waals surface area contributed by atoms with Crippen molar-refractivity contribution in [2.24, 2.45) is 4.99 Å². The van der Waals surface area contributed by atoms with E-state index in [-0.39, 0.29) is 5.54 Å². The smallest absolute Gasteiger partial charge is 0.128 e. The van der Waals surface area contributed by atoms with Crippen LogP contribution in [0, 0.1) is 0 Å². The number of hydrogen-bond donors (Lipinski definition) is 2. The lowest BCUT2D eigenvalue weighted by Crippen LogP contribution is -2.54. The van der Waals surface area contributed by atoms with Crippen LogP contribution in [0.2, 0.25) is 5.02 Å². The van der Waals surface area contributed by atoms with Gasteiger partial charge in [-0.2, -0.15) is 0 Å². The molecule has 0 atom stereocenters. The van der Waals surface area contributed by atoms with E-state index in [1.54, 1.807) is 0 Å². The van der Waals surface area contributed by atoms with Crippen molar-refractivity contribution < 1.29 is 0 Å². The molecule has 2 N–H and O–H groups in total. The monoisotopic (exact) mass is 382 g/mol. The fraction of sp³-hybridized carbons (Fsp3) is 0.409. The molecule has 1 aliphatic heterocycles. The molecule has 27 heavy (non-hydrogen) atoms. The van der Waals surface area contributed by atoms with E-state index in [0.717, 1.165) is 47.3 Å². The molecule has 0 bridgehead atoms. The van der Waals surface area contributed by atoms with Gasteiger partial charge in [-0.15, -0.1) is 0 Å². The van der Waals surface area contributed by atoms with Gasteiger partial charge in [0.2, 0.25) is 0 Å². The average Bonchev–Trinajstić information content (AvgIpc) is 2.66. The Morgan fingerprint density at radius 2 is 1.89 bits per heavy atom. The van der Waals surface area contributed by atoms with Gasteiger partial charge in [0, 0.05) is 25.7 Å². The van der Waals surface area contributed by atoms with Crippen LogP contribution < -0.4 is 15.5 Å². The summed E-state index contributed by atoms with van der Waals surface area (Å²) in [6.45, 7) is 0.724. The third kappa shape index (κ3) is 3.63. The summed E-state index contributed by atoms with van der Waals surface area (Å²) in [7, 11) is 4.13. The fourth-order valence-corrected chi connectivity index (χ4v) is 4.42. The summed E-state index contributed by atoms with van der Waals surface area (Å²) in [5.74, 6) is 1.06. The van der Waals surface area contributed by atoms with Crippen LogP contribution in [0.1, 0.15) is 37.7 Å².